The standard InChI is InChI=1S/C12H11ClN4O3S/c1-7-16-8(6-21-7)2-4-15-12(18)9-3-5-14-11(13)10(9)17(19)20/h3,5-6H,2,4H2,1H3,(H,15,18). The highest BCUT2D eigenvalue weighted by atomic mass is 35.5. The lowest BCUT2D eigenvalue weighted by molar-refractivity contribution is -0.385. The van der Waals surface area contributed by atoms with Gasteiger partial charge in [-0.15, -0.1) is 11.3 Å². The average molecular weight is 327 g/mol. The van der Waals surface area contributed by atoms with Crippen LogP contribution >= 0.6 is 22.9 Å². The number of halogens is 1. The van der Waals surface area contributed by atoms with E-state index in [4.69, 9.17) is 11.6 Å². The van der Waals surface area contributed by atoms with Crippen LogP contribution in [0.3, 0.4) is 0 Å². The number of aryl methyl sites for hydroxylation is 1. The van der Waals surface area contributed by atoms with E-state index in [0.717, 1.165) is 10.7 Å². The first-order valence-electron chi connectivity index (χ1n) is 5.97. The van der Waals surface area contributed by atoms with Crippen LogP contribution in [0.2, 0.25) is 5.15 Å². The van der Waals surface area contributed by atoms with E-state index in [0.29, 0.717) is 13.0 Å². The number of thiazole rings is 1. The Bertz CT molecular complexity index is 689. The van der Waals surface area contributed by atoms with E-state index < -0.39 is 16.5 Å². The highest BCUT2D eigenvalue weighted by Gasteiger charge is 2.24. The second kappa shape index (κ2) is 6.59. The van der Waals surface area contributed by atoms with Gasteiger partial charge in [0.25, 0.3) is 5.91 Å². The van der Waals surface area contributed by atoms with Gasteiger partial charge in [-0.3, -0.25) is 14.9 Å². The van der Waals surface area contributed by atoms with E-state index in [2.05, 4.69) is 15.3 Å². The average Bonchev–Trinajstić information content (AvgIpc) is 2.83. The molecule has 0 aliphatic carbocycles. The molecule has 9 heteroatoms. The summed E-state index contributed by atoms with van der Waals surface area (Å²) in [6.45, 7) is 2.23. The molecular weight excluding hydrogens is 316 g/mol. The van der Waals surface area contributed by atoms with Gasteiger partial charge in [0, 0.05) is 24.5 Å². The van der Waals surface area contributed by atoms with Gasteiger partial charge in [0.05, 0.1) is 15.6 Å². The van der Waals surface area contributed by atoms with E-state index in [-0.39, 0.29) is 10.7 Å². The Hall–Kier alpha value is -2.06. The van der Waals surface area contributed by atoms with Gasteiger partial charge in [-0.25, -0.2) is 9.97 Å². The minimum Gasteiger partial charge on any atom is -0.351 e. The first-order chi connectivity index (χ1) is 9.99. The van der Waals surface area contributed by atoms with Crippen LogP contribution in [0.25, 0.3) is 0 Å². The lowest BCUT2D eigenvalue weighted by Crippen LogP contribution is -2.26. The van der Waals surface area contributed by atoms with Gasteiger partial charge in [-0.2, -0.15) is 0 Å². The van der Waals surface area contributed by atoms with E-state index >= 15 is 0 Å². The Morgan fingerprint density at radius 3 is 2.95 bits per heavy atom. The minimum atomic E-state index is -0.714. The summed E-state index contributed by atoms with van der Waals surface area (Å²) < 4.78 is 0. The monoisotopic (exact) mass is 326 g/mol. The topological polar surface area (TPSA) is 98.0 Å². The minimum absolute atomic E-state index is 0.102. The van der Waals surface area contributed by atoms with Crippen molar-refractivity contribution < 1.29 is 9.72 Å². The van der Waals surface area contributed by atoms with Crippen LogP contribution in [-0.4, -0.2) is 27.3 Å². The van der Waals surface area contributed by atoms with E-state index in [1.807, 2.05) is 12.3 Å². The number of rotatable bonds is 5. The summed E-state index contributed by atoms with van der Waals surface area (Å²) in [5.41, 5.74) is 0.288. The van der Waals surface area contributed by atoms with Crippen molar-refractivity contribution in [2.75, 3.05) is 6.54 Å². The molecule has 0 atom stereocenters. The second-order valence-corrected chi connectivity index (χ2v) is 5.54. The highest BCUT2D eigenvalue weighted by molar-refractivity contribution is 7.09. The van der Waals surface area contributed by atoms with Crippen LogP contribution in [-0.2, 0) is 6.42 Å². The molecule has 0 fully saturated rings. The maximum atomic E-state index is 12.0. The van der Waals surface area contributed by atoms with Gasteiger partial charge < -0.3 is 5.32 Å². The predicted molar refractivity (Wildman–Crippen MR) is 78.8 cm³/mol. The number of hydrogen-bond acceptors (Lipinski definition) is 6. The molecular formula is C12H11ClN4O3S. The Morgan fingerprint density at radius 2 is 2.33 bits per heavy atom. The molecule has 0 radical (unpaired) electrons. The molecule has 0 aliphatic rings. The van der Waals surface area contributed by atoms with Crippen molar-refractivity contribution >= 4 is 34.5 Å². The molecule has 1 N–H and O–H groups in total. The Kier molecular flexibility index (Phi) is 4.81. The fourth-order valence-corrected chi connectivity index (χ4v) is 2.58. The molecule has 2 aromatic heterocycles. The molecule has 0 unspecified atom stereocenters. The summed E-state index contributed by atoms with van der Waals surface area (Å²) in [5.74, 6) is -0.557. The van der Waals surface area contributed by atoms with E-state index in [1.165, 1.54) is 23.6 Å². The van der Waals surface area contributed by atoms with Crippen molar-refractivity contribution in [3.8, 4) is 0 Å². The fraction of sp³-hybridized carbons (Fsp3) is 0.250. The van der Waals surface area contributed by atoms with Crippen molar-refractivity contribution in [1.82, 2.24) is 15.3 Å². The van der Waals surface area contributed by atoms with Crippen LogP contribution in [0.1, 0.15) is 21.1 Å². The Balaban J connectivity index is 2.04. The lowest BCUT2D eigenvalue weighted by atomic mass is 10.2. The van der Waals surface area contributed by atoms with E-state index in [9.17, 15) is 14.9 Å². The third-order valence-electron chi connectivity index (χ3n) is 2.64. The molecule has 21 heavy (non-hydrogen) atoms. The third-order valence-corrected chi connectivity index (χ3v) is 3.74. The van der Waals surface area contributed by atoms with Gasteiger partial charge >= 0.3 is 5.69 Å². The molecule has 110 valence electrons. The molecule has 7 nitrogen and oxygen atoms in total. The molecule has 2 heterocycles. The summed E-state index contributed by atoms with van der Waals surface area (Å²) in [7, 11) is 0. The zero-order chi connectivity index (χ0) is 15.4. The van der Waals surface area contributed by atoms with Crippen molar-refractivity contribution in [3.63, 3.8) is 0 Å². The second-order valence-electron chi connectivity index (χ2n) is 4.12. The maximum Gasteiger partial charge on any atom is 0.319 e. The fourth-order valence-electron chi connectivity index (χ4n) is 1.71. The number of nitrogens with zero attached hydrogens (tertiary/aromatic N) is 3. The zero-order valence-corrected chi connectivity index (χ0v) is 12.6. The third kappa shape index (κ3) is 3.73. The molecule has 2 rings (SSSR count). The molecule has 0 aliphatic heterocycles. The summed E-state index contributed by atoms with van der Waals surface area (Å²) in [6, 6.07) is 1.27. The van der Waals surface area contributed by atoms with Crippen LogP contribution in [0.15, 0.2) is 17.6 Å². The molecule has 0 aromatic carbocycles. The van der Waals surface area contributed by atoms with Crippen LogP contribution in [0, 0.1) is 17.0 Å². The predicted octanol–water partition coefficient (Wildman–Crippen LogP) is 2.38. The molecule has 2 aromatic rings. The van der Waals surface area contributed by atoms with Crippen LogP contribution in [0.4, 0.5) is 5.69 Å². The molecule has 0 saturated carbocycles. The van der Waals surface area contributed by atoms with Crippen LogP contribution < -0.4 is 5.32 Å². The summed E-state index contributed by atoms with van der Waals surface area (Å²) in [4.78, 5) is 30.1. The quantitative estimate of drug-likeness (QED) is 0.516. The van der Waals surface area contributed by atoms with E-state index in [1.54, 1.807) is 0 Å². The maximum absolute atomic E-state index is 12.0. The SMILES string of the molecule is Cc1nc(CCNC(=O)c2ccnc(Cl)c2[N+](=O)[O-])cs1. The first-order valence-corrected chi connectivity index (χ1v) is 7.23. The van der Waals surface area contributed by atoms with Crippen molar-refractivity contribution in [2.24, 2.45) is 0 Å². The molecule has 0 bridgehead atoms. The van der Waals surface area contributed by atoms with Gasteiger partial charge in [0.15, 0.2) is 0 Å². The first kappa shape index (κ1) is 15.3. The van der Waals surface area contributed by atoms with Crippen molar-refractivity contribution in [3.05, 3.63) is 49.2 Å². The number of carbonyl (C=O) groups excluding carboxylic acids is 1. The number of amides is 1. The largest absolute Gasteiger partial charge is 0.351 e. The van der Waals surface area contributed by atoms with Gasteiger partial charge in [-0.05, 0) is 13.0 Å². The smallest absolute Gasteiger partial charge is 0.319 e. The lowest BCUT2D eigenvalue weighted by Gasteiger charge is -2.05. The summed E-state index contributed by atoms with van der Waals surface area (Å²) in [5, 5.41) is 16.1. The summed E-state index contributed by atoms with van der Waals surface area (Å²) >= 11 is 7.19. The molecule has 1 amide bonds. The molecule has 0 spiro atoms. The Labute approximate surface area is 129 Å². The number of pyridine rings is 1. The van der Waals surface area contributed by atoms with Crippen LogP contribution in [0.5, 0.6) is 0 Å². The normalized spacial score (nSPS) is 10.4. The zero-order valence-electron chi connectivity index (χ0n) is 11.0. The number of carbonyl (C=O) groups is 1. The summed E-state index contributed by atoms with van der Waals surface area (Å²) in [6.07, 6.45) is 1.82. The van der Waals surface area contributed by atoms with Crippen molar-refractivity contribution in [1.29, 1.82) is 0 Å². The number of hydrogen-bond donors (Lipinski definition) is 1. The number of nitrogens with one attached hydrogen (secondary N) is 1. The van der Waals surface area contributed by atoms with Crippen molar-refractivity contribution in [2.45, 2.75) is 13.3 Å². The van der Waals surface area contributed by atoms with Gasteiger partial charge in [-0.1, -0.05) is 11.6 Å². The van der Waals surface area contributed by atoms with Gasteiger partial charge in [0.2, 0.25) is 5.15 Å². The number of nitro groups is 1. The highest BCUT2D eigenvalue weighted by Crippen LogP contribution is 2.25. The molecule has 0 saturated heterocycles. The van der Waals surface area contributed by atoms with Gasteiger partial charge in [0.1, 0.15) is 5.56 Å². The Morgan fingerprint density at radius 1 is 1.57 bits per heavy atom. The number of aromatic nitrogens is 2.